The van der Waals surface area contributed by atoms with Crippen molar-refractivity contribution in [1.82, 2.24) is 20.5 Å². The molecule has 8 heteroatoms. The Balaban J connectivity index is 0.00000280. The number of aryl methyl sites for hydroxylation is 2. The highest BCUT2D eigenvalue weighted by molar-refractivity contribution is 14.0. The van der Waals surface area contributed by atoms with Gasteiger partial charge in [0.15, 0.2) is 5.96 Å². The number of likely N-dealkylation sites (tertiary alicyclic amines) is 1. The predicted octanol–water partition coefficient (Wildman–Crippen LogP) is 2.86. The van der Waals surface area contributed by atoms with E-state index in [1.165, 1.54) is 19.3 Å². The van der Waals surface area contributed by atoms with Crippen LogP contribution in [-0.2, 0) is 11.3 Å². The summed E-state index contributed by atoms with van der Waals surface area (Å²) in [5.41, 5.74) is 1.00. The van der Waals surface area contributed by atoms with Crippen molar-refractivity contribution < 1.29 is 9.15 Å². The number of guanidine groups is 1. The molecule has 1 unspecified atom stereocenters. The third-order valence-electron chi connectivity index (χ3n) is 5.51. The summed E-state index contributed by atoms with van der Waals surface area (Å²) >= 11 is 0. The number of aromatic nitrogens is 1. The largest absolute Gasteiger partial charge is 0.444 e. The van der Waals surface area contributed by atoms with Crippen molar-refractivity contribution in [3.8, 4) is 0 Å². The fourth-order valence-corrected chi connectivity index (χ4v) is 3.70. The van der Waals surface area contributed by atoms with Crippen molar-refractivity contribution in [3.63, 3.8) is 0 Å². The maximum Gasteiger partial charge on any atom is 0.208 e. The lowest BCUT2D eigenvalue weighted by Crippen LogP contribution is -2.41. The number of hydrogen-bond acceptors (Lipinski definition) is 5. The van der Waals surface area contributed by atoms with Gasteiger partial charge in [0.2, 0.25) is 5.89 Å². The van der Waals surface area contributed by atoms with Gasteiger partial charge in [0.25, 0.3) is 0 Å². The predicted molar refractivity (Wildman–Crippen MR) is 122 cm³/mol. The van der Waals surface area contributed by atoms with Gasteiger partial charge in [-0.15, -0.1) is 24.0 Å². The molecule has 1 atom stereocenters. The first-order chi connectivity index (χ1) is 13.1. The number of hydrogen-bond donors (Lipinski definition) is 2. The number of halogens is 1. The fourth-order valence-electron chi connectivity index (χ4n) is 3.70. The van der Waals surface area contributed by atoms with Crippen molar-refractivity contribution in [1.29, 1.82) is 0 Å². The minimum atomic E-state index is 0. The van der Waals surface area contributed by atoms with E-state index in [2.05, 4.69) is 27.4 Å². The van der Waals surface area contributed by atoms with Crippen LogP contribution in [0.15, 0.2) is 9.41 Å². The van der Waals surface area contributed by atoms with Crippen molar-refractivity contribution in [3.05, 3.63) is 17.3 Å². The summed E-state index contributed by atoms with van der Waals surface area (Å²) in [6.07, 6.45) is 5.00. The number of nitrogens with one attached hydrogen (secondary N) is 2. The van der Waals surface area contributed by atoms with Crippen molar-refractivity contribution in [2.24, 2.45) is 10.9 Å². The van der Waals surface area contributed by atoms with Crippen LogP contribution in [-0.4, -0.2) is 61.3 Å². The van der Waals surface area contributed by atoms with E-state index in [0.29, 0.717) is 12.0 Å². The third-order valence-corrected chi connectivity index (χ3v) is 5.51. The molecular weight excluding hydrogens is 469 g/mol. The summed E-state index contributed by atoms with van der Waals surface area (Å²) in [7, 11) is 0. The highest BCUT2D eigenvalue weighted by Gasteiger charge is 2.21. The van der Waals surface area contributed by atoms with E-state index in [9.17, 15) is 0 Å². The second-order valence-electron chi connectivity index (χ2n) is 7.70. The topological polar surface area (TPSA) is 74.9 Å². The minimum absolute atomic E-state index is 0. The van der Waals surface area contributed by atoms with E-state index in [-0.39, 0.29) is 24.0 Å². The Bertz CT molecular complexity index is 588. The average molecular weight is 505 g/mol. The Morgan fingerprint density at radius 2 is 2.00 bits per heavy atom. The summed E-state index contributed by atoms with van der Waals surface area (Å²) in [5.74, 6) is 3.34. The van der Waals surface area contributed by atoms with Crippen LogP contribution in [0.2, 0.25) is 0 Å². The molecule has 0 aromatic carbocycles. The fraction of sp³-hybridized carbons (Fsp3) is 0.800. The van der Waals surface area contributed by atoms with Crippen LogP contribution >= 0.6 is 24.0 Å². The van der Waals surface area contributed by atoms with Gasteiger partial charge in [-0.25, -0.2) is 4.98 Å². The molecule has 1 aromatic rings. The number of oxazole rings is 1. The molecule has 2 aliphatic rings. The number of rotatable bonds is 7. The Morgan fingerprint density at radius 3 is 2.61 bits per heavy atom. The second-order valence-corrected chi connectivity index (χ2v) is 7.70. The summed E-state index contributed by atoms with van der Waals surface area (Å²) in [5, 5.41) is 6.78. The van der Waals surface area contributed by atoms with Crippen LogP contribution < -0.4 is 10.6 Å². The summed E-state index contributed by atoms with van der Waals surface area (Å²) < 4.78 is 11.4. The minimum Gasteiger partial charge on any atom is -0.444 e. The van der Waals surface area contributed by atoms with E-state index in [0.717, 1.165) is 75.6 Å². The first-order valence-electron chi connectivity index (χ1n) is 10.4. The number of nitrogens with zero attached hydrogens (tertiary/aromatic N) is 3. The monoisotopic (exact) mass is 505 g/mol. The molecule has 2 N–H and O–H groups in total. The molecule has 0 amide bonds. The van der Waals surface area contributed by atoms with Crippen LogP contribution in [0.4, 0.5) is 0 Å². The molecule has 7 nitrogen and oxygen atoms in total. The molecule has 1 aromatic heterocycles. The van der Waals surface area contributed by atoms with Gasteiger partial charge in [-0.05, 0) is 65.5 Å². The maximum absolute atomic E-state index is 5.72. The number of aliphatic imine (C=N–C) groups is 1. The Hall–Kier alpha value is -0.870. The zero-order valence-corrected chi connectivity index (χ0v) is 19.8. The van der Waals surface area contributed by atoms with Crippen molar-refractivity contribution in [2.75, 3.05) is 39.3 Å². The summed E-state index contributed by atoms with van der Waals surface area (Å²) in [4.78, 5) is 11.7. The van der Waals surface area contributed by atoms with Gasteiger partial charge >= 0.3 is 0 Å². The molecule has 28 heavy (non-hydrogen) atoms. The van der Waals surface area contributed by atoms with E-state index >= 15 is 0 Å². The Morgan fingerprint density at radius 1 is 1.21 bits per heavy atom. The number of piperidine rings is 1. The maximum atomic E-state index is 5.72. The first kappa shape index (κ1) is 23.4. The van der Waals surface area contributed by atoms with E-state index in [1.54, 1.807) is 0 Å². The zero-order chi connectivity index (χ0) is 19.1. The highest BCUT2D eigenvalue weighted by Crippen LogP contribution is 2.20. The molecule has 0 aliphatic carbocycles. The van der Waals surface area contributed by atoms with Crippen LogP contribution in [0, 0.1) is 19.8 Å². The molecule has 3 heterocycles. The Labute approximate surface area is 186 Å². The van der Waals surface area contributed by atoms with Crippen molar-refractivity contribution >= 4 is 29.9 Å². The summed E-state index contributed by atoms with van der Waals surface area (Å²) in [6.45, 7) is 12.6. The lowest BCUT2D eigenvalue weighted by atomic mass is 9.97. The lowest BCUT2D eigenvalue weighted by Gasteiger charge is -2.30. The third kappa shape index (κ3) is 7.18. The molecule has 160 valence electrons. The van der Waals surface area contributed by atoms with Gasteiger partial charge < -0.3 is 19.8 Å². The average Bonchev–Trinajstić information content (AvgIpc) is 3.29. The zero-order valence-electron chi connectivity index (χ0n) is 17.5. The van der Waals surface area contributed by atoms with Gasteiger partial charge in [-0.1, -0.05) is 0 Å². The van der Waals surface area contributed by atoms with Gasteiger partial charge in [0.1, 0.15) is 5.76 Å². The molecule has 0 saturated carbocycles. The molecule has 0 bridgehead atoms. The standard InChI is InChI=1S/C20H35N5O2.HI/c1-4-21-20(23-13-18-6-5-11-26-18)22-12-17-7-9-25(10-8-17)14-19-24-15(2)16(3)27-19;/h17-18H,4-14H2,1-3H3,(H2,21,22,23);1H. The highest BCUT2D eigenvalue weighted by atomic mass is 127. The van der Waals surface area contributed by atoms with E-state index < -0.39 is 0 Å². The summed E-state index contributed by atoms with van der Waals surface area (Å²) in [6, 6.07) is 0. The SMILES string of the molecule is CCNC(=NCC1CCN(Cc2nc(C)c(C)o2)CC1)NCC1CCCO1.I. The van der Waals surface area contributed by atoms with Crippen LogP contribution in [0.25, 0.3) is 0 Å². The van der Waals surface area contributed by atoms with E-state index in [4.69, 9.17) is 14.1 Å². The Kier molecular flexibility index (Phi) is 10.0. The van der Waals surface area contributed by atoms with Gasteiger partial charge in [-0.2, -0.15) is 0 Å². The van der Waals surface area contributed by atoms with Gasteiger partial charge in [0.05, 0.1) is 18.3 Å². The van der Waals surface area contributed by atoms with Crippen LogP contribution in [0.3, 0.4) is 0 Å². The second kappa shape index (κ2) is 12.0. The molecule has 0 radical (unpaired) electrons. The van der Waals surface area contributed by atoms with Gasteiger partial charge in [-0.3, -0.25) is 9.89 Å². The smallest absolute Gasteiger partial charge is 0.208 e. The first-order valence-corrected chi connectivity index (χ1v) is 10.4. The normalized spacial score (nSPS) is 21.5. The quantitative estimate of drug-likeness (QED) is 0.337. The van der Waals surface area contributed by atoms with Crippen LogP contribution in [0.5, 0.6) is 0 Å². The molecule has 3 rings (SSSR count). The van der Waals surface area contributed by atoms with Gasteiger partial charge in [0, 0.05) is 26.2 Å². The molecule has 2 saturated heterocycles. The molecular formula is C20H36IN5O2. The molecule has 0 spiro atoms. The molecule has 2 aliphatic heterocycles. The van der Waals surface area contributed by atoms with Crippen LogP contribution in [0.1, 0.15) is 50.0 Å². The van der Waals surface area contributed by atoms with Crippen molar-refractivity contribution in [2.45, 2.75) is 59.1 Å². The lowest BCUT2D eigenvalue weighted by molar-refractivity contribution is 0.113. The molecule has 2 fully saturated rings. The van der Waals surface area contributed by atoms with E-state index in [1.807, 2.05) is 13.8 Å². The number of ether oxygens (including phenoxy) is 1.